The van der Waals surface area contributed by atoms with Gasteiger partial charge in [0.2, 0.25) is 0 Å². The smallest absolute Gasteiger partial charge is 0.134 e. The maximum atomic E-state index is 4.24. The molecule has 5 heteroatoms. The molecule has 0 radical (unpaired) electrons. The van der Waals surface area contributed by atoms with Gasteiger partial charge in [0, 0.05) is 24.6 Å². The first-order chi connectivity index (χ1) is 8.29. The Balaban J connectivity index is 1.92. The molecule has 1 N–H and O–H groups in total. The van der Waals surface area contributed by atoms with Gasteiger partial charge >= 0.3 is 0 Å². The van der Waals surface area contributed by atoms with Crippen molar-refractivity contribution >= 4 is 16.5 Å². The maximum absolute atomic E-state index is 4.24. The highest BCUT2D eigenvalue weighted by Gasteiger charge is 2.16. The molecule has 4 nitrogen and oxygen atoms in total. The zero-order valence-electron chi connectivity index (χ0n) is 10.8. The Morgan fingerprint density at radius 3 is 3.12 bits per heavy atom. The number of nitrogens with zero attached hydrogens (tertiary/aromatic N) is 3. The second-order valence-electron chi connectivity index (χ2n) is 4.89. The zero-order chi connectivity index (χ0) is 12.1. The van der Waals surface area contributed by atoms with Crippen LogP contribution in [-0.4, -0.2) is 34.1 Å². The van der Waals surface area contributed by atoms with Gasteiger partial charge < -0.3 is 5.32 Å². The van der Waals surface area contributed by atoms with Crippen LogP contribution in [-0.2, 0) is 6.54 Å². The fourth-order valence-electron chi connectivity index (χ4n) is 2.30. The van der Waals surface area contributed by atoms with Crippen LogP contribution < -0.4 is 5.32 Å². The minimum Gasteiger partial charge on any atom is -0.374 e. The van der Waals surface area contributed by atoms with Crippen LogP contribution in [0.2, 0.25) is 0 Å². The Bertz CT molecular complexity index is 339. The molecule has 17 heavy (non-hydrogen) atoms. The van der Waals surface area contributed by atoms with Crippen molar-refractivity contribution in [2.45, 2.75) is 39.7 Å². The SMILES string of the molecule is CCNc1snnc1CN1CCCC(C)CC1. The molecule has 0 aliphatic carbocycles. The standard InChI is InChI=1S/C12H22N4S/c1-3-13-12-11(14-15-17-12)9-16-7-4-5-10(2)6-8-16/h10,13H,3-9H2,1-2H3. The van der Waals surface area contributed by atoms with E-state index in [0.29, 0.717) is 0 Å². The van der Waals surface area contributed by atoms with Gasteiger partial charge in [-0.1, -0.05) is 11.4 Å². The predicted octanol–water partition coefficient (Wildman–Crippen LogP) is 2.59. The van der Waals surface area contributed by atoms with E-state index < -0.39 is 0 Å². The molecule has 0 saturated carbocycles. The Morgan fingerprint density at radius 2 is 2.29 bits per heavy atom. The minimum atomic E-state index is 0.877. The summed E-state index contributed by atoms with van der Waals surface area (Å²) in [5.74, 6) is 0.877. The van der Waals surface area contributed by atoms with E-state index in [2.05, 4.69) is 33.7 Å². The van der Waals surface area contributed by atoms with Crippen LogP contribution in [0.15, 0.2) is 0 Å². The Morgan fingerprint density at radius 1 is 1.41 bits per heavy atom. The lowest BCUT2D eigenvalue weighted by Gasteiger charge is -2.18. The van der Waals surface area contributed by atoms with Crippen molar-refractivity contribution < 1.29 is 0 Å². The molecule has 1 fully saturated rings. The van der Waals surface area contributed by atoms with E-state index in [1.807, 2.05) is 0 Å². The zero-order valence-corrected chi connectivity index (χ0v) is 11.6. The largest absolute Gasteiger partial charge is 0.374 e. The molecule has 1 saturated heterocycles. The van der Waals surface area contributed by atoms with E-state index in [1.165, 1.54) is 43.9 Å². The summed E-state index contributed by atoms with van der Waals surface area (Å²) in [5.41, 5.74) is 1.12. The van der Waals surface area contributed by atoms with Crippen LogP contribution >= 0.6 is 11.5 Å². The summed E-state index contributed by atoms with van der Waals surface area (Å²) in [6.07, 6.45) is 4.00. The monoisotopic (exact) mass is 254 g/mol. The van der Waals surface area contributed by atoms with Gasteiger partial charge in [-0.25, -0.2) is 0 Å². The molecule has 2 heterocycles. The Kier molecular flexibility index (Phi) is 4.74. The third-order valence-electron chi connectivity index (χ3n) is 3.38. The van der Waals surface area contributed by atoms with Gasteiger partial charge in [0.1, 0.15) is 10.7 Å². The Hall–Kier alpha value is -0.680. The molecule has 1 unspecified atom stereocenters. The normalized spacial score (nSPS) is 22.4. The summed E-state index contributed by atoms with van der Waals surface area (Å²) in [6, 6.07) is 0. The number of aromatic nitrogens is 2. The first-order valence-electron chi connectivity index (χ1n) is 6.57. The fourth-order valence-corrected chi connectivity index (χ4v) is 2.94. The van der Waals surface area contributed by atoms with E-state index in [1.54, 1.807) is 0 Å². The summed E-state index contributed by atoms with van der Waals surface area (Å²) in [7, 11) is 0. The molecule has 96 valence electrons. The van der Waals surface area contributed by atoms with Gasteiger partial charge in [0.25, 0.3) is 0 Å². The van der Waals surface area contributed by atoms with E-state index in [9.17, 15) is 0 Å². The fraction of sp³-hybridized carbons (Fsp3) is 0.833. The number of likely N-dealkylation sites (tertiary alicyclic amines) is 1. The molecular formula is C12H22N4S. The first kappa shape index (κ1) is 12.8. The summed E-state index contributed by atoms with van der Waals surface area (Å²) in [5, 5.41) is 8.72. The van der Waals surface area contributed by atoms with Crippen LogP contribution in [0.4, 0.5) is 5.00 Å². The average Bonchev–Trinajstić information content (AvgIpc) is 2.63. The van der Waals surface area contributed by atoms with Crippen molar-refractivity contribution in [3.63, 3.8) is 0 Å². The molecule has 1 aliphatic rings. The van der Waals surface area contributed by atoms with E-state index in [4.69, 9.17) is 0 Å². The van der Waals surface area contributed by atoms with Gasteiger partial charge in [-0.15, -0.1) is 5.10 Å². The first-order valence-corrected chi connectivity index (χ1v) is 7.34. The molecule has 0 spiro atoms. The molecule has 1 aliphatic heterocycles. The summed E-state index contributed by atoms with van der Waals surface area (Å²) < 4.78 is 4.05. The quantitative estimate of drug-likeness (QED) is 0.896. The van der Waals surface area contributed by atoms with Gasteiger partial charge in [-0.05, 0) is 45.2 Å². The molecule has 2 rings (SSSR count). The van der Waals surface area contributed by atoms with Crippen molar-refractivity contribution in [3.05, 3.63) is 5.69 Å². The second kappa shape index (κ2) is 6.31. The van der Waals surface area contributed by atoms with Gasteiger partial charge in [-0.2, -0.15) is 0 Å². The number of hydrogen-bond donors (Lipinski definition) is 1. The molecule has 1 aromatic rings. The van der Waals surface area contributed by atoms with E-state index >= 15 is 0 Å². The van der Waals surface area contributed by atoms with Gasteiger partial charge in [0.05, 0.1) is 0 Å². The van der Waals surface area contributed by atoms with Crippen LogP contribution in [0.1, 0.15) is 38.8 Å². The third-order valence-corrected chi connectivity index (χ3v) is 4.10. The number of hydrogen-bond acceptors (Lipinski definition) is 5. The van der Waals surface area contributed by atoms with Crippen LogP contribution in [0.3, 0.4) is 0 Å². The Labute approximate surface area is 108 Å². The topological polar surface area (TPSA) is 41.1 Å². The van der Waals surface area contributed by atoms with Crippen molar-refractivity contribution in [2.24, 2.45) is 5.92 Å². The van der Waals surface area contributed by atoms with Crippen molar-refractivity contribution in [1.82, 2.24) is 14.5 Å². The highest BCUT2D eigenvalue weighted by molar-refractivity contribution is 7.10. The van der Waals surface area contributed by atoms with Crippen molar-refractivity contribution in [3.8, 4) is 0 Å². The van der Waals surface area contributed by atoms with Crippen LogP contribution in [0, 0.1) is 5.92 Å². The third kappa shape index (κ3) is 3.64. The lowest BCUT2D eigenvalue weighted by molar-refractivity contribution is 0.271. The van der Waals surface area contributed by atoms with E-state index in [-0.39, 0.29) is 0 Å². The highest BCUT2D eigenvalue weighted by atomic mass is 32.1. The van der Waals surface area contributed by atoms with E-state index in [0.717, 1.165) is 29.7 Å². The second-order valence-corrected chi connectivity index (χ2v) is 5.65. The van der Waals surface area contributed by atoms with Crippen LogP contribution in [0.25, 0.3) is 0 Å². The maximum Gasteiger partial charge on any atom is 0.134 e. The average molecular weight is 254 g/mol. The molecule has 1 atom stereocenters. The number of anilines is 1. The van der Waals surface area contributed by atoms with Crippen molar-refractivity contribution in [1.29, 1.82) is 0 Å². The summed E-state index contributed by atoms with van der Waals surface area (Å²) in [6.45, 7) is 8.76. The predicted molar refractivity (Wildman–Crippen MR) is 72.4 cm³/mol. The molecule has 1 aromatic heterocycles. The lowest BCUT2D eigenvalue weighted by atomic mass is 10.0. The molecule has 0 aromatic carbocycles. The summed E-state index contributed by atoms with van der Waals surface area (Å²) in [4.78, 5) is 2.51. The molecule has 0 amide bonds. The van der Waals surface area contributed by atoms with Crippen LogP contribution in [0.5, 0.6) is 0 Å². The highest BCUT2D eigenvalue weighted by Crippen LogP contribution is 2.22. The van der Waals surface area contributed by atoms with Crippen molar-refractivity contribution in [2.75, 3.05) is 25.0 Å². The molecular weight excluding hydrogens is 232 g/mol. The number of nitrogens with one attached hydrogen (secondary N) is 1. The summed E-state index contributed by atoms with van der Waals surface area (Å²) >= 11 is 1.47. The van der Waals surface area contributed by atoms with Gasteiger partial charge in [-0.3, -0.25) is 4.90 Å². The van der Waals surface area contributed by atoms with Gasteiger partial charge in [0.15, 0.2) is 0 Å². The molecule has 0 bridgehead atoms. The minimum absolute atomic E-state index is 0.877. The number of rotatable bonds is 4. The lowest BCUT2D eigenvalue weighted by Crippen LogP contribution is -2.24.